The molecule has 1 aliphatic carbocycles. The van der Waals surface area contributed by atoms with Crippen LogP contribution in [0.25, 0.3) is 22.0 Å². The molecule has 8 heteroatoms. The van der Waals surface area contributed by atoms with Crippen LogP contribution in [0.3, 0.4) is 0 Å². The van der Waals surface area contributed by atoms with E-state index < -0.39 is 9.84 Å². The van der Waals surface area contributed by atoms with E-state index in [1.807, 2.05) is 30.3 Å². The van der Waals surface area contributed by atoms with Gasteiger partial charge in [-0.1, -0.05) is 32.0 Å². The lowest BCUT2D eigenvalue weighted by atomic mass is 9.89. The maximum Gasteiger partial charge on any atom is 0.179 e. The van der Waals surface area contributed by atoms with E-state index in [2.05, 4.69) is 29.0 Å². The number of anilines is 1. The van der Waals surface area contributed by atoms with Crippen molar-refractivity contribution in [2.75, 3.05) is 31.8 Å². The number of pyridine rings is 1. The van der Waals surface area contributed by atoms with E-state index in [1.54, 1.807) is 6.07 Å². The van der Waals surface area contributed by atoms with Crippen LogP contribution in [0.1, 0.15) is 39.5 Å². The first-order valence-electron chi connectivity index (χ1n) is 12.3. The van der Waals surface area contributed by atoms with E-state index in [-0.39, 0.29) is 16.7 Å². The number of phenolic OH excluding ortho intramolecular Hbond substituents is 1. The number of nitrogens with zero attached hydrogens (tertiary/aromatic N) is 2. The van der Waals surface area contributed by atoms with Crippen molar-refractivity contribution in [3.63, 3.8) is 0 Å². The Morgan fingerprint density at radius 2 is 1.83 bits per heavy atom. The summed E-state index contributed by atoms with van der Waals surface area (Å²) in [6.07, 6.45) is 6.79. The number of hydrogen-bond donors (Lipinski definition) is 2. The molecule has 2 aromatic carbocycles. The van der Waals surface area contributed by atoms with Gasteiger partial charge in [0.2, 0.25) is 0 Å². The summed E-state index contributed by atoms with van der Waals surface area (Å²) in [5.74, 6) is 0.430. The minimum atomic E-state index is -3.51. The van der Waals surface area contributed by atoms with E-state index in [1.165, 1.54) is 19.6 Å². The molecule has 1 heterocycles. The molecule has 0 radical (unpaired) electrons. The topological polar surface area (TPSA) is 91.8 Å². The molecular formula is C27H35N3O4S. The van der Waals surface area contributed by atoms with Crippen LogP contribution in [0, 0.1) is 0 Å². The largest absolute Gasteiger partial charge is 0.504 e. The summed E-state index contributed by atoms with van der Waals surface area (Å²) in [5.41, 5.74) is 2.66. The quantitative estimate of drug-likeness (QED) is 0.448. The van der Waals surface area contributed by atoms with Gasteiger partial charge in [-0.15, -0.1) is 0 Å². The van der Waals surface area contributed by atoms with Gasteiger partial charge >= 0.3 is 0 Å². The van der Waals surface area contributed by atoms with Crippen LogP contribution in [0.4, 0.5) is 5.69 Å². The molecule has 1 aromatic heterocycles. The molecule has 1 aliphatic rings. The van der Waals surface area contributed by atoms with Crippen molar-refractivity contribution in [1.82, 2.24) is 9.88 Å². The summed E-state index contributed by atoms with van der Waals surface area (Å²) in [7, 11) is -1.99. The third kappa shape index (κ3) is 5.23. The average Bonchev–Trinajstić information content (AvgIpc) is 2.85. The minimum Gasteiger partial charge on any atom is -0.504 e. The number of ether oxygens (including phenoxy) is 1. The Balaban J connectivity index is 1.74. The Hall–Kier alpha value is -2.84. The lowest BCUT2D eigenvalue weighted by Crippen LogP contribution is -2.40. The number of nitrogens with one attached hydrogen (secondary N) is 1. The van der Waals surface area contributed by atoms with Crippen LogP contribution >= 0.6 is 0 Å². The van der Waals surface area contributed by atoms with Crippen LogP contribution in [0.15, 0.2) is 47.5 Å². The molecule has 1 fully saturated rings. The highest BCUT2D eigenvalue weighted by atomic mass is 32.2. The van der Waals surface area contributed by atoms with Gasteiger partial charge in [-0.05, 0) is 62.5 Å². The van der Waals surface area contributed by atoms with Crippen LogP contribution in [0.5, 0.6) is 11.5 Å². The van der Waals surface area contributed by atoms with Crippen molar-refractivity contribution >= 4 is 26.4 Å². The summed E-state index contributed by atoms with van der Waals surface area (Å²) in [6, 6.07) is 11.7. The zero-order chi connectivity index (χ0) is 25.2. The van der Waals surface area contributed by atoms with Crippen molar-refractivity contribution in [2.45, 2.75) is 56.5 Å². The minimum absolute atomic E-state index is 0.0470. The van der Waals surface area contributed by atoms with Crippen molar-refractivity contribution in [1.29, 1.82) is 0 Å². The molecular weight excluding hydrogens is 462 g/mol. The van der Waals surface area contributed by atoms with Crippen molar-refractivity contribution in [3.05, 3.63) is 42.6 Å². The first-order valence-corrected chi connectivity index (χ1v) is 14.2. The average molecular weight is 498 g/mol. The molecule has 35 heavy (non-hydrogen) atoms. The fourth-order valence-corrected chi connectivity index (χ4v) is 6.01. The maximum atomic E-state index is 12.7. The highest BCUT2D eigenvalue weighted by Gasteiger charge is 2.27. The molecule has 0 amide bonds. The third-order valence-corrected chi connectivity index (χ3v) is 8.24. The number of fused-ring (bicyclic) bond motifs is 1. The molecule has 4 rings (SSSR count). The third-order valence-electron chi connectivity index (χ3n) is 7.14. The highest BCUT2D eigenvalue weighted by Crippen LogP contribution is 2.40. The monoisotopic (exact) mass is 497 g/mol. The van der Waals surface area contributed by atoms with Gasteiger partial charge in [0.15, 0.2) is 21.3 Å². The Morgan fingerprint density at radius 1 is 1.11 bits per heavy atom. The number of phenols is 1. The second-order valence-electron chi connectivity index (χ2n) is 9.23. The Morgan fingerprint density at radius 3 is 2.46 bits per heavy atom. The molecule has 0 bridgehead atoms. The fourth-order valence-electron chi connectivity index (χ4n) is 5.22. The highest BCUT2D eigenvalue weighted by molar-refractivity contribution is 7.90. The standard InChI is InChI=1S/C27H35N3O4S/c1-5-30(6-2)20-13-11-19(12-14-20)29-26-22-16-18(21-8-7-9-24(34-3)27(21)31)10-15-23(22)28-17-25(26)35(4,32)33/h7-10,15-17,19-20,31H,5-6,11-14H2,1-4H3,(H,28,29). The summed E-state index contributed by atoms with van der Waals surface area (Å²) >= 11 is 0. The predicted molar refractivity (Wildman–Crippen MR) is 141 cm³/mol. The molecule has 7 nitrogen and oxygen atoms in total. The number of methoxy groups -OCH3 is 1. The maximum absolute atomic E-state index is 12.7. The molecule has 0 unspecified atom stereocenters. The van der Waals surface area contributed by atoms with Gasteiger partial charge < -0.3 is 20.1 Å². The number of benzene rings is 2. The van der Waals surface area contributed by atoms with Crippen LogP contribution in [-0.4, -0.2) is 61.9 Å². The number of sulfone groups is 1. The Kier molecular flexibility index (Phi) is 7.52. The van der Waals surface area contributed by atoms with Gasteiger partial charge in [-0.25, -0.2) is 8.42 Å². The van der Waals surface area contributed by atoms with Crippen molar-refractivity contribution < 1.29 is 18.3 Å². The van der Waals surface area contributed by atoms with E-state index >= 15 is 0 Å². The first kappa shape index (κ1) is 25.3. The summed E-state index contributed by atoms with van der Waals surface area (Å²) in [4.78, 5) is 7.14. The molecule has 0 aliphatic heterocycles. The molecule has 0 saturated heterocycles. The number of hydrogen-bond acceptors (Lipinski definition) is 7. The van der Waals surface area contributed by atoms with Crippen molar-refractivity contribution in [2.24, 2.45) is 0 Å². The lowest BCUT2D eigenvalue weighted by molar-refractivity contribution is 0.167. The van der Waals surface area contributed by atoms with Gasteiger partial charge in [0.25, 0.3) is 0 Å². The lowest BCUT2D eigenvalue weighted by Gasteiger charge is -2.36. The van der Waals surface area contributed by atoms with Gasteiger partial charge in [-0.2, -0.15) is 0 Å². The molecule has 0 spiro atoms. The Bertz CT molecular complexity index is 1300. The number of aromatic hydroxyl groups is 1. The molecule has 1 saturated carbocycles. The molecule has 3 aromatic rings. The van der Waals surface area contributed by atoms with E-state index in [0.717, 1.165) is 49.7 Å². The smallest absolute Gasteiger partial charge is 0.179 e. The van der Waals surface area contributed by atoms with Gasteiger partial charge in [0.05, 0.1) is 18.3 Å². The normalized spacial score (nSPS) is 18.7. The summed E-state index contributed by atoms with van der Waals surface area (Å²) < 4.78 is 30.7. The number of aromatic nitrogens is 1. The van der Waals surface area contributed by atoms with Crippen molar-refractivity contribution in [3.8, 4) is 22.6 Å². The van der Waals surface area contributed by atoms with Gasteiger partial charge in [0, 0.05) is 35.5 Å². The Labute approximate surface area is 208 Å². The van der Waals surface area contributed by atoms with E-state index in [4.69, 9.17) is 4.74 Å². The van der Waals surface area contributed by atoms with Crippen LogP contribution < -0.4 is 10.1 Å². The van der Waals surface area contributed by atoms with Gasteiger partial charge in [0.1, 0.15) is 4.90 Å². The molecule has 188 valence electrons. The SMILES string of the molecule is CCN(CC)C1CCC(Nc2c(S(C)(=O)=O)cnc3ccc(-c4cccc(OC)c4O)cc23)CC1. The zero-order valence-corrected chi connectivity index (χ0v) is 21.7. The first-order chi connectivity index (χ1) is 16.8. The molecule has 0 atom stereocenters. The molecule has 2 N–H and O–H groups in total. The second kappa shape index (κ2) is 10.4. The number of para-hydroxylation sites is 1. The van der Waals surface area contributed by atoms with E-state index in [0.29, 0.717) is 28.6 Å². The zero-order valence-electron chi connectivity index (χ0n) is 20.9. The fraction of sp³-hybridized carbons (Fsp3) is 0.444. The van der Waals surface area contributed by atoms with Gasteiger partial charge in [-0.3, -0.25) is 4.98 Å². The number of rotatable bonds is 8. The summed E-state index contributed by atoms with van der Waals surface area (Å²) in [6.45, 7) is 6.50. The van der Waals surface area contributed by atoms with Crippen LogP contribution in [0.2, 0.25) is 0 Å². The summed E-state index contributed by atoms with van der Waals surface area (Å²) in [5, 5.41) is 15.0. The second-order valence-corrected chi connectivity index (χ2v) is 11.2. The van der Waals surface area contributed by atoms with E-state index in [9.17, 15) is 13.5 Å². The predicted octanol–water partition coefficient (Wildman–Crippen LogP) is 5.08. The van der Waals surface area contributed by atoms with Crippen LogP contribution in [-0.2, 0) is 9.84 Å².